The van der Waals surface area contributed by atoms with Crippen LogP contribution in [0.5, 0.6) is 0 Å². The molecule has 2 aliphatic rings. The summed E-state index contributed by atoms with van der Waals surface area (Å²) in [6.07, 6.45) is 5.03. The third-order valence-corrected chi connectivity index (χ3v) is 6.20. The molecular formula is C22H47N5. The van der Waals surface area contributed by atoms with Gasteiger partial charge >= 0.3 is 0 Å². The molecule has 0 bridgehead atoms. The maximum absolute atomic E-state index is 3.78. The largest absolute Gasteiger partial charge is 0.368 e. The van der Waals surface area contributed by atoms with Gasteiger partial charge in [0.1, 0.15) is 0 Å². The van der Waals surface area contributed by atoms with Gasteiger partial charge in [0.15, 0.2) is 0 Å². The van der Waals surface area contributed by atoms with Crippen LogP contribution in [0, 0.1) is 0 Å². The van der Waals surface area contributed by atoms with Gasteiger partial charge in [-0.25, -0.2) is 0 Å². The van der Waals surface area contributed by atoms with Crippen LogP contribution in [0.25, 0.3) is 0 Å². The first-order valence-corrected chi connectivity index (χ1v) is 11.3. The van der Waals surface area contributed by atoms with Crippen molar-refractivity contribution in [3.63, 3.8) is 0 Å². The molecule has 0 radical (unpaired) electrons. The molecule has 6 atom stereocenters. The van der Waals surface area contributed by atoms with Crippen molar-refractivity contribution in [3.05, 3.63) is 11.4 Å². The maximum Gasteiger partial charge on any atom is 0.0930 e. The molecule has 2 aliphatic heterocycles. The maximum atomic E-state index is 3.78. The zero-order valence-electron chi connectivity index (χ0n) is 19.4. The lowest BCUT2D eigenvalue weighted by atomic mass is 10.00. The smallest absolute Gasteiger partial charge is 0.0930 e. The highest BCUT2D eigenvalue weighted by Crippen LogP contribution is 2.13. The summed E-state index contributed by atoms with van der Waals surface area (Å²) in [4.78, 5) is 0. The Hall–Kier alpha value is -0.780. The van der Waals surface area contributed by atoms with Crippen LogP contribution in [0.2, 0.25) is 0 Å². The van der Waals surface area contributed by atoms with Crippen molar-refractivity contribution in [1.82, 2.24) is 26.6 Å². The lowest BCUT2D eigenvalue weighted by Gasteiger charge is -2.31. The fraction of sp³-hybridized carbons (Fsp3) is 0.909. The third kappa shape index (κ3) is 7.28. The van der Waals surface area contributed by atoms with Crippen LogP contribution in [-0.2, 0) is 0 Å². The molecule has 160 valence electrons. The van der Waals surface area contributed by atoms with Gasteiger partial charge in [0, 0.05) is 47.6 Å². The highest BCUT2D eigenvalue weighted by atomic mass is 15.2. The second kappa shape index (κ2) is 11.9. The van der Waals surface area contributed by atoms with E-state index in [2.05, 4.69) is 88.9 Å². The number of nitrogens with one attached hydrogen (secondary N) is 5. The molecule has 0 aromatic rings. The fourth-order valence-electron chi connectivity index (χ4n) is 4.07. The summed E-state index contributed by atoms with van der Waals surface area (Å²) in [6.45, 7) is 20.2. The minimum Gasteiger partial charge on any atom is -0.368 e. The second-order valence-corrected chi connectivity index (χ2v) is 8.36. The predicted molar refractivity (Wildman–Crippen MR) is 119 cm³/mol. The molecule has 0 amide bonds. The molecular weight excluding hydrogens is 334 g/mol. The molecule has 27 heavy (non-hydrogen) atoms. The topological polar surface area (TPSA) is 60.1 Å². The minimum atomic E-state index is 0.435. The van der Waals surface area contributed by atoms with E-state index in [1.165, 1.54) is 24.2 Å². The van der Waals surface area contributed by atoms with Crippen molar-refractivity contribution in [2.75, 3.05) is 0 Å². The van der Waals surface area contributed by atoms with Crippen LogP contribution in [-0.4, -0.2) is 42.4 Å². The van der Waals surface area contributed by atoms with Gasteiger partial charge in [-0.05, 0) is 60.3 Å². The number of hydrogen-bond donors (Lipinski definition) is 5. The standard InChI is InChI=1S/C14H31N3.C8H16N2/c1-7-13-14(8-2)17-12(6)10(4)15-9(3)11(5)16-13;1-4-7-8(5-2)10-6(3)9-7/h9-17H,7-8H2,1-6H3;6,9-10H,4-5H2,1-3H3/t9?,10?,11?,12?,13-,14+;. The highest BCUT2D eigenvalue weighted by Gasteiger charge is 2.28. The van der Waals surface area contributed by atoms with E-state index >= 15 is 0 Å². The molecule has 0 aliphatic carbocycles. The molecule has 0 spiro atoms. The Morgan fingerprint density at radius 2 is 0.889 bits per heavy atom. The summed E-state index contributed by atoms with van der Waals surface area (Å²) < 4.78 is 0. The Labute approximate surface area is 168 Å². The first-order chi connectivity index (χ1) is 12.8. The first-order valence-electron chi connectivity index (χ1n) is 11.3. The van der Waals surface area contributed by atoms with Crippen molar-refractivity contribution in [2.24, 2.45) is 0 Å². The van der Waals surface area contributed by atoms with E-state index in [4.69, 9.17) is 0 Å². The first kappa shape index (κ1) is 24.3. The normalized spacial score (nSPS) is 35.3. The van der Waals surface area contributed by atoms with E-state index in [9.17, 15) is 0 Å². The van der Waals surface area contributed by atoms with Crippen LogP contribution >= 0.6 is 0 Å². The van der Waals surface area contributed by atoms with Crippen LogP contribution in [0.15, 0.2) is 11.4 Å². The van der Waals surface area contributed by atoms with Crippen LogP contribution in [0.4, 0.5) is 0 Å². The average molecular weight is 382 g/mol. The Balaban J connectivity index is 0.000000309. The molecule has 0 aromatic heterocycles. The monoisotopic (exact) mass is 381 g/mol. The molecule has 5 N–H and O–H groups in total. The van der Waals surface area contributed by atoms with Crippen LogP contribution < -0.4 is 26.6 Å². The number of allylic oxidation sites excluding steroid dienone is 2. The molecule has 1 fully saturated rings. The van der Waals surface area contributed by atoms with E-state index in [1.807, 2.05) is 0 Å². The van der Waals surface area contributed by atoms with Gasteiger partial charge in [-0.1, -0.05) is 27.7 Å². The summed E-state index contributed by atoms with van der Waals surface area (Å²) in [6, 6.07) is 3.21. The minimum absolute atomic E-state index is 0.435. The zero-order valence-corrected chi connectivity index (χ0v) is 19.4. The van der Waals surface area contributed by atoms with Crippen molar-refractivity contribution in [1.29, 1.82) is 0 Å². The summed E-state index contributed by atoms with van der Waals surface area (Å²) in [5.41, 5.74) is 2.77. The third-order valence-electron chi connectivity index (χ3n) is 6.20. The van der Waals surface area contributed by atoms with Crippen molar-refractivity contribution >= 4 is 0 Å². The summed E-state index contributed by atoms with van der Waals surface area (Å²) >= 11 is 0. The fourth-order valence-corrected chi connectivity index (χ4v) is 4.07. The molecule has 1 saturated heterocycles. The van der Waals surface area contributed by atoms with Crippen molar-refractivity contribution in [3.8, 4) is 0 Å². The summed E-state index contributed by atoms with van der Waals surface area (Å²) in [5.74, 6) is 0. The Kier molecular flexibility index (Phi) is 10.7. The lowest BCUT2D eigenvalue weighted by molar-refractivity contribution is 0.309. The summed E-state index contributed by atoms with van der Waals surface area (Å²) in [7, 11) is 0. The van der Waals surface area contributed by atoms with Gasteiger partial charge in [0.2, 0.25) is 0 Å². The lowest BCUT2D eigenvalue weighted by Crippen LogP contribution is -2.53. The quantitative estimate of drug-likeness (QED) is 0.516. The SMILES string of the molecule is CCC1=C(CC)NC(C)N1.CC[C@@H]1NC(C)C(C)NC(C)C(C)N[C@@H]1CC. The van der Waals surface area contributed by atoms with Gasteiger partial charge in [0.05, 0.1) is 6.17 Å². The molecule has 2 rings (SSSR count). The van der Waals surface area contributed by atoms with Crippen molar-refractivity contribution < 1.29 is 0 Å². The molecule has 2 heterocycles. The molecule has 5 heteroatoms. The van der Waals surface area contributed by atoms with E-state index in [1.54, 1.807) is 0 Å². The zero-order chi connectivity index (χ0) is 20.6. The van der Waals surface area contributed by atoms with Gasteiger partial charge in [-0.2, -0.15) is 0 Å². The molecule has 5 nitrogen and oxygen atoms in total. The van der Waals surface area contributed by atoms with E-state index in [-0.39, 0.29) is 0 Å². The highest BCUT2D eigenvalue weighted by molar-refractivity contribution is 5.16. The van der Waals surface area contributed by atoms with Crippen LogP contribution in [0.3, 0.4) is 0 Å². The average Bonchev–Trinajstić information content (AvgIpc) is 3.04. The van der Waals surface area contributed by atoms with E-state index in [0.717, 1.165) is 12.8 Å². The molecule has 4 unspecified atom stereocenters. The second-order valence-electron chi connectivity index (χ2n) is 8.36. The Morgan fingerprint density at radius 1 is 0.556 bits per heavy atom. The van der Waals surface area contributed by atoms with Gasteiger partial charge in [0.25, 0.3) is 0 Å². The Bertz CT molecular complexity index is 412. The van der Waals surface area contributed by atoms with Gasteiger partial charge in [-0.3, -0.25) is 0 Å². The van der Waals surface area contributed by atoms with Gasteiger partial charge < -0.3 is 26.6 Å². The molecule has 0 saturated carbocycles. The summed E-state index contributed by atoms with van der Waals surface area (Å²) in [5, 5.41) is 18.0. The van der Waals surface area contributed by atoms with Gasteiger partial charge in [-0.15, -0.1) is 0 Å². The number of hydrogen-bond acceptors (Lipinski definition) is 5. The molecule has 0 aromatic carbocycles. The Morgan fingerprint density at radius 3 is 1.19 bits per heavy atom. The number of rotatable bonds is 4. The van der Waals surface area contributed by atoms with Crippen LogP contribution in [0.1, 0.15) is 88.0 Å². The van der Waals surface area contributed by atoms with Crippen molar-refractivity contribution in [2.45, 2.75) is 130 Å². The predicted octanol–water partition coefficient (Wildman–Crippen LogP) is 3.44. The van der Waals surface area contributed by atoms with E-state index < -0.39 is 0 Å². The van der Waals surface area contributed by atoms with E-state index in [0.29, 0.717) is 42.4 Å².